The second-order valence-corrected chi connectivity index (χ2v) is 8.49. The zero-order chi connectivity index (χ0) is 14.8. The van der Waals surface area contributed by atoms with Crippen LogP contribution >= 0.6 is 0 Å². The van der Waals surface area contributed by atoms with Gasteiger partial charge in [-0.25, -0.2) is 4.39 Å². The van der Waals surface area contributed by atoms with Crippen LogP contribution in [0.15, 0.2) is 11.6 Å². The lowest BCUT2D eigenvalue weighted by molar-refractivity contribution is -0.134. The van der Waals surface area contributed by atoms with Crippen LogP contribution in [-0.2, 0) is 4.79 Å². The minimum atomic E-state index is -1.19. The van der Waals surface area contributed by atoms with Gasteiger partial charge in [-0.2, -0.15) is 0 Å². The van der Waals surface area contributed by atoms with Crippen molar-refractivity contribution in [3.8, 4) is 0 Å². The summed E-state index contributed by atoms with van der Waals surface area (Å²) in [6.45, 7) is 4.51. The van der Waals surface area contributed by atoms with Crippen LogP contribution in [0.4, 0.5) is 4.39 Å². The van der Waals surface area contributed by atoms with Crippen molar-refractivity contribution in [2.75, 3.05) is 0 Å². The molecule has 0 N–H and O–H groups in total. The molecule has 0 aromatic carbocycles. The minimum absolute atomic E-state index is 0.0884. The van der Waals surface area contributed by atoms with Gasteiger partial charge in [0.05, 0.1) is 0 Å². The average Bonchev–Trinajstić information content (AvgIpc) is 2.70. The highest BCUT2D eigenvalue weighted by atomic mass is 19.1. The van der Waals surface area contributed by atoms with Crippen molar-refractivity contribution in [1.29, 1.82) is 0 Å². The van der Waals surface area contributed by atoms with Gasteiger partial charge >= 0.3 is 0 Å². The molecule has 116 valence electrons. The van der Waals surface area contributed by atoms with E-state index in [4.69, 9.17) is 0 Å². The second kappa shape index (κ2) is 4.43. The molecule has 4 aliphatic carbocycles. The number of ketones is 1. The standard InChI is InChI=1S/C19H27FO/c1-18-9-4-3-5-12(18)6-7-13-14(18)8-10-19(2)15(13)11-16(20)17(19)21/h6,13-16H,3-5,7-11H2,1-2H3/t13-,14+,15+,16-,18+,19+/m0/s1. The van der Waals surface area contributed by atoms with Gasteiger partial charge < -0.3 is 0 Å². The van der Waals surface area contributed by atoms with E-state index in [2.05, 4.69) is 19.9 Å². The Hall–Kier alpha value is -0.660. The summed E-state index contributed by atoms with van der Waals surface area (Å²) >= 11 is 0. The second-order valence-electron chi connectivity index (χ2n) is 8.49. The Kier molecular flexibility index (Phi) is 2.94. The van der Waals surface area contributed by atoms with E-state index in [9.17, 15) is 9.18 Å². The number of allylic oxidation sites excluding steroid dienone is 2. The van der Waals surface area contributed by atoms with Gasteiger partial charge in [0.15, 0.2) is 12.0 Å². The number of hydrogen-bond acceptors (Lipinski definition) is 1. The van der Waals surface area contributed by atoms with Gasteiger partial charge in [-0.3, -0.25) is 4.79 Å². The zero-order valence-electron chi connectivity index (χ0n) is 13.3. The summed E-state index contributed by atoms with van der Waals surface area (Å²) < 4.78 is 14.1. The van der Waals surface area contributed by atoms with E-state index in [-0.39, 0.29) is 17.1 Å². The number of Topliss-reactive ketones (excluding diaryl/α,β-unsaturated/α-hetero) is 1. The first-order valence-electron chi connectivity index (χ1n) is 8.85. The van der Waals surface area contributed by atoms with E-state index in [0.717, 1.165) is 19.3 Å². The smallest absolute Gasteiger partial charge is 0.173 e. The van der Waals surface area contributed by atoms with Gasteiger partial charge in [0, 0.05) is 5.41 Å². The van der Waals surface area contributed by atoms with Crippen LogP contribution in [0.1, 0.15) is 65.2 Å². The van der Waals surface area contributed by atoms with Gasteiger partial charge in [0.1, 0.15) is 0 Å². The fraction of sp³-hybridized carbons (Fsp3) is 0.842. The number of rotatable bonds is 0. The molecule has 0 radical (unpaired) electrons. The molecule has 0 aromatic heterocycles. The first-order valence-corrected chi connectivity index (χ1v) is 8.85. The first kappa shape index (κ1) is 14.0. The monoisotopic (exact) mass is 290 g/mol. The van der Waals surface area contributed by atoms with Gasteiger partial charge in [-0.1, -0.05) is 31.9 Å². The first-order chi connectivity index (χ1) is 9.97. The van der Waals surface area contributed by atoms with Crippen LogP contribution in [0.2, 0.25) is 0 Å². The fourth-order valence-electron chi connectivity index (χ4n) is 6.45. The van der Waals surface area contributed by atoms with E-state index in [1.807, 2.05) is 0 Å². The lowest BCUT2D eigenvalue weighted by atomic mass is 9.48. The van der Waals surface area contributed by atoms with Crippen molar-refractivity contribution < 1.29 is 9.18 Å². The molecule has 3 saturated carbocycles. The molecule has 0 spiro atoms. The minimum Gasteiger partial charge on any atom is -0.296 e. The number of fused-ring (bicyclic) bond motifs is 5. The van der Waals surface area contributed by atoms with Gasteiger partial charge in [0.2, 0.25) is 0 Å². The Bertz CT molecular complexity index is 510. The molecule has 2 heteroatoms. The summed E-state index contributed by atoms with van der Waals surface area (Å²) in [6.07, 6.45) is 10.2. The van der Waals surface area contributed by atoms with E-state index in [1.54, 1.807) is 5.57 Å². The highest BCUT2D eigenvalue weighted by Gasteiger charge is 2.61. The zero-order valence-corrected chi connectivity index (χ0v) is 13.3. The van der Waals surface area contributed by atoms with E-state index >= 15 is 0 Å². The van der Waals surface area contributed by atoms with Gasteiger partial charge in [-0.15, -0.1) is 0 Å². The summed E-state index contributed by atoms with van der Waals surface area (Å²) in [7, 11) is 0. The molecule has 0 bridgehead atoms. The number of hydrogen-bond donors (Lipinski definition) is 0. The van der Waals surface area contributed by atoms with Crippen LogP contribution in [0.5, 0.6) is 0 Å². The molecule has 4 aliphatic rings. The van der Waals surface area contributed by atoms with Crippen LogP contribution in [0.25, 0.3) is 0 Å². The maximum absolute atomic E-state index is 14.1. The molecule has 0 aliphatic heterocycles. The highest BCUT2D eigenvalue weighted by molar-refractivity contribution is 5.91. The van der Waals surface area contributed by atoms with E-state index in [0.29, 0.717) is 23.7 Å². The third kappa shape index (κ3) is 1.71. The highest BCUT2D eigenvalue weighted by Crippen LogP contribution is 2.64. The number of carbonyl (C=O) groups excluding carboxylic acids is 1. The Labute approximate surface area is 127 Å². The Balaban J connectivity index is 1.71. The lowest BCUT2D eigenvalue weighted by Gasteiger charge is -2.56. The van der Waals surface area contributed by atoms with E-state index < -0.39 is 6.17 Å². The Morgan fingerprint density at radius 2 is 1.95 bits per heavy atom. The van der Waals surface area contributed by atoms with Crippen molar-refractivity contribution >= 4 is 5.78 Å². The predicted molar refractivity (Wildman–Crippen MR) is 81.6 cm³/mol. The summed E-state index contributed by atoms with van der Waals surface area (Å²) in [5.74, 6) is 1.43. The summed E-state index contributed by atoms with van der Waals surface area (Å²) in [5.41, 5.74) is 1.66. The quantitative estimate of drug-likeness (QED) is 0.582. The largest absolute Gasteiger partial charge is 0.296 e. The fourth-order valence-corrected chi connectivity index (χ4v) is 6.45. The normalized spacial score (nSPS) is 52.7. The maximum Gasteiger partial charge on any atom is 0.173 e. The third-order valence-electron chi connectivity index (χ3n) is 7.72. The van der Waals surface area contributed by atoms with Crippen molar-refractivity contribution in [3.63, 3.8) is 0 Å². The molecule has 6 atom stereocenters. The summed E-state index contributed by atoms with van der Waals surface area (Å²) in [5, 5.41) is 0. The van der Waals surface area contributed by atoms with Crippen molar-refractivity contribution in [3.05, 3.63) is 11.6 Å². The molecule has 0 amide bonds. The Morgan fingerprint density at radius 3 is 2.76 bits per heavy atom. The van der Waals surface area contributed by atoms with E-state index in [1.165, 1.54) is 25.7 Å². The molecule has 21 heavy (non-hydrogen) atoms. The average molecular weight is 290 g/mol. The number of halogens is 1. The predicted octanol–water partition coefficient (Wildman–Crippen LogP) is 4.86. The Morgan fingerprint density at radius 1 is 1.14 bits per heavy atom. The topological polar surface area (TPSA) is 17.1 Å². The number of carbonyl (C=O) groups is 1. The van der Waals surface area contributed by atoms with Gasteiger partial charge in [0.25, 0.3) is 0 Å². The number of alkyl halides is 1. The molecule has 3 fully saturated rings. The molecule has 0 heterocycles. The molecule has 0 unspecified atom stereocenters. The molecule has 0 aromatic rings. The van der Waals surface area contributed by atoms with Gasteiger partial charge in [-0.05, 0) is 68.1 Å². The molecule has 0 saturated heterocycles. The van der Waals surface area contributed by atoms with Crippen molar-refractivity contribution in [2.45, 2.75) is 71.4 Å². The maximum atomic E-state index is 14.1. The molecule has 1 nitrogen and oxygen atoms in total. The molecule has 4 rings (SSSR count). The van der Waals surface area contributed by atoms with Crippen molar-refractivity contribution in [2.24, 2.45) is 28.6 Å². The van der Waals surface area contributed by atoms with Crippen LogP contribution in [-0.4, -0.2) is 12.0 Å². The SMILES string of the molecule is C[C@@]12CC[C@@H]3[C@H](CC=C4CCCC[C@]43C)[C@H]1C[C@H](F)C2=O. The summed E-state index contributed by atoms with van der Waals surface area (Å²) in [6, 6.07) is 0. The van der Waals surface area contributed by atoms with Crippen molar-refractivity contribution in [1.82, 2.24) is 0 Å². The van der Waals surface area contributed by atoms with Crippen LogP contribution in [0.3, 0.4) is 0 Å². The third-order valence-corrected chi connectivity index (χ3v) is 7.72. The summed E-state index contributed by atoms with van der Waals surface area (Å²) in [4.78, 5) is 12.3. The lowest BCUT2D eigenvalue weighted by Crippen LogP contribution is -2.49. The molecular weight excluding hydrogens is 263 g/mol. The molecular formula is C19H27FO. The van der Waals surface area contributed by atoms with Crippen LogP contribution in [0, 0.1) is 28.6 Å². The van der Waals surface area contributed by atoms with Crippen LogP contribution < -0.4 is 0 Å².